The fourth-order valence-corrected chi connectivity index (χ4v) is 2.71. The molecular weight excluding hydrogens is 330 g/mol. The van der Waals surface area contributed by atoms with Crippen molar-refractivity contribution < 1.29 is 9.90 Å². The Hall–Kier alpha value is -3.59. The number of carbonyl (C=O) groups is 1. The average molecular weight is 347 g/mol. The van der Waals surface area contributed by atoms with Crippen LogP contribution in [0.3, 0.4) is 0 Å². The van der Waals surface area contributed by atoms with Gasteiger partial charge in [-0.1, -0.05) is 48.4 Å². The molecule has 0 atom stereocenters. The summed E-state index contributed by atoms with van der Waals surface area (Å²) >= 11 is 0. The number of carboxylic acid groups (broad SMARTS) is 1. The second-order valence-electron chi connectivity index (χ2n) is 5.68. The molecule has 0 aliphatic rings. The minimum atomic E-state index is -0.956. The Morgan fingerprint density at radius 2 is 1.92 bits per heavy atom. The van der Waals surface area contributed by atoms with E-state index in [9.17, 15) is 14.7 Å². The summed E-state index contributed by atoms with van der Waals surface area (Å²) < 4.78 is 1.63. The van der Waals surface area contributed by atoms with Gasteiger partial charge in [0.15, 0.2) is 0 Å². The first-order valence-electron chi connectivity index (χ1n) is 8.05. The zero-order chi connectivity index (χ0) is 18.5. The lowest BCUT2D eigenvalue weighted by atomic mass is 9.98. The molecule has 0 unspecified atom stereocenters. The van der Waals surface area contributed by atoms with Crippen LogP contribution in [0, 0.1) is 11.8 Å². The van der Waals surface area contributed by atoms with Crippen molar-refractivity contribution in [1.29, 1.82) is 0 Å². The highest BCUT2D eigenvalue weighted by molar-refractivity contribution is 5.95. The number of H-pyrrole nitrogens is 1. The van der Waals surface area contributed by atoms with E-state index in [4.69, 9.17) is 0 Å². The number of hydrogen-bond acceptors (Lipinski definition) is 3. The summed E-state index contributed by atoms with van der Waals surface area (Å²) in [6.45, 7) is 2.12. The predicted octanol–water partition coefficient (Wildman–Crippen LogP) is 2.55. The van der Waals surface area contributed by atoms with Crippen LogP contribution >= 0.6 is 0 Å². The number of hydrogen-bond donors (Lipinski definition) is 2. The Morgan fingerprint density at radius 1 is 1.19 bits per heavy atom. The second kappa shape index (κ2) is 7.53. The van der Waals surface area contributed by atoms with Crippen LogP contribution in [0.4, 0.5) is 0 Å². The van der Waals surface area contributed by atoms with Crippen molar-refractivity contribution in [1.82, 2.24) is 14.8 Å². The SMILES string of the molecule is CC#CCn1[nH]c(=O)nc1Cc1ccc(-c2ccccc2C(=O)O)cc1. The van der Waals surface area contributed by atoms with Gasteiger partial charge < -0.3 is 5.11 Å². The standard InChI is InChI=1S/C20H17N3O3/c1-2-3-12-23-18(21-20(26)22-23)13-14-8-10-15(11-9-14)16-6-4-5-7-17(16)19(24)25/h4-11H,12-13H2,1H3,(H,22,26)(H,24,25). The minimum absolute atomic E-state index is 0.263. The van der Waals surface area contributed by atoms with Crippen molar-refractivity contribution in [3.63, 3.8) is 0 Å². The number of rotatable bonds is 5. The monoisotopic (exact) mass is 347 g/mol. The minimum Gasteiger partial charge on any atom is -0.478 e. The van der Waals surface area contributed by atoms with Gasteiger partial charge in [-0.2, -0.15) is 4.98 Å². The van der Waals surface area contributed by atoms with Gasteiger partial charge in [0.2, 0.25) is 0 Å². The Morgan fingerprint density at radius 3 is 2.62 bits per heavy atom. The zero-order valence-electron chi connectivity index (χ0n) is 14.2. The molecule has 1 heterocycles. The summed E-state index contributed by atoms with van der Waals surface area (Å²) in [7, 11) is 0. The first-order chi connectivity index (χ1) is 12.6. The van der Waals surface area contributed by atoms with Crippen molar-refractivity contribution in [2.75, 3.05) is 0 Å². The molecule has 6 heteroatoms. The number of aromatic amines is 1. The molecule has 0 amide bonds. The first-order valence-corrected chi connectivity index (χ1v) is 8.05. The van der Waals surface area contributed by atoms with Crippen LogP contribution in [-0.4, -0.2) is 25.8 Å². The molecule has 0 radical (unpaired) electrons. The number of aromatic nitrogens is 3. The van der Waals surface area contributed by atoms with Gasteiger partial charge in [-0.3, -0.25) is 4.68 Å². The van der Waals surface area contributed by atoms with Gasteiger partial charge in [-0.15, -0.1) is 5.92 Å². The maximum atomic E-state index is 11.5. The number of nitrogens with zero attached hydrogens (tertiary/aromatic N) is 2. The van der Waals surface area contributed by atoms with Crippen LogP contribution in [0.1, 0.15) is 28.7 Å². The molecule has 0 bridgehead atoms. The van der Waals surface area contributed by atoms with Gasteiger partial charge >= 0.3 is 11.7 Å². The van der Waals surface area contributed by atoms with Gasteiger partial charge in [0.05, 0.1) is 5.56 Å². The van der Waals surface area contributed by atoms with E-state index >= 15 is 0 Å². The van der Waals surface area contributed by atoms with E-state index < -0.39 is 11.7 Å². The maximum Gasteiger partial charge on any atom is 0.361 e. The quantitative estimate of drug-likeness (QED) is 0.694. The molecule has 0 fully saturated rings. The molecular formula is C20H17N3O3. The van der Waals surface area contributed by atoms with Crippen molar-refractivity contribution in [3.05, 3.63) is 76.0 Å². The van der Waals surface area contributed by atoms with Crippen LogP contribution in [-0.2, 0) is 13.0 Å². The summed E-state index contributed by atoms with van der Waals surface area (Å²) in [6, 6.07) is 14.4. The lowest BCUT2D eigenvalue weighted by molar-refractivity contribution is 0.0697. The van der Waals surface area contributed by atoms with Gasteiger partial charge in [-0.05, 0) is 29.7 Å². The van der Waals surface area contributed by atoms with Crippen LogP contribution in [0.2, 0.25) is 0 Å². The Kier molecular flexibility index (Phi) is 4.99. The van der Waals surface area contributed by atoms with E-state index in [1.54, 1.807) is 29.8 Å². The molecule has 0 spiro atoms. The summed E-state index contributed by atoms with van der Waals surface area (Å²) in [5.74, 6) is 5.34. The predicted molar refractivity (Wildman–Crippen MR) is 97.9 cm³/mol. The van der Waals surface area contributed by atoms with E-state index in [1.165, 1.54) is 0 Å². The lowest BCUT2D eigenvalue weighted by Gasteiger charge is -2.08. The average Bonchev–Trinajstić information content (AvgIpc) is 2.99. The highest BCUT2D eigenvalue weighted by atomic mass is 16.4. The van der Waals surface area contributed by atoms with Gasteiger partial charge in [0.1, 0.15) is 12.4 Å². The largest absolute Gasteiger partial charge is 0.478 e. The summed E-state index contributed by atoms with van der Waals surface area (Å²) in [4.78, 5) is 26.9. The van der Waals surface area contributed by atoms with Crippen LogP contribution in [0.5, 0.6) is 0 Å². The lowest BCUT2D eigenvalue weighted by Crippen LogP contribution is -2.07. The van der Waals surface area contributed by atoms with E-state index in [2.05, 4.69) is 21.9 Å². The fourth-order valence-electron chi connectivity index (χ4n) is 2.71. The Bertz CT molecular complexity index is 1050. The normalized spacial score (nSPS) is 10.2. The van der Waals surface area contributed by atoms with Gasteiger partial charge in [0, 0.05) is 6.42 Å². The summed E-state index contributed by atoms with van der Waals surface area (Å²) in [6.07, 6.45) is 0.477. The topological polar surface area (TPSA) is 88.0 Å². The third kappa shape index (κ3) is 3.73. The van der Waals surface area contributed by atoms with Crippen LogP contribution in [0.25, 0.3) is 11.1 Å². The highest BCUT2D eigenvalue weighted by Gasteiger charge is 2.11. The fraction of sp³-hybridized carbons (Fsp3) is 0.150. The second-order valence-corrected chi connectivity index (χ2v) is 5.68. The molecule has 26 heavy (non-hydrogen) atoms. The van der Waals surface area contributed by atoms with Crippen molar-refractivity contribution in [2.45, 2.75) is 19.9 Å². The Labute approximate surface area is 150 Å². The number of benzene rings is 2. The number of nitrogens with one attached hydrogen (secondary N) is 1. The molecule has 1 aromatic heterocycles. The highest BCUT2D eigenvalue weighted by Crippen LogP contribution is 2.24. The third-order valence-corrected chi connectivity index (χ3v) is 3.97. The molecule has 0 saturated carbocycles. The molecule has 2 aromatic carbocycles. The van der Waals surface area contributed by atoms with Crippen LogP contribution < -0.4 is 5.69 Å². The molecule has 6 nitrogen and oxygen atoms in total. The summed E-state index contributed by atoms with van der Waals surface area (Å²) in [5.41, 5.74) is 2.32. The molecule has 0 aliphatic carbocycles. The van der Waals surface area contributed by atoms with E-state index in [-0.39, 0.29) is 5.56 Å². The van der Waals surface area contributed by atoms with E-state index in [0.29, 0.717) is 24.4 Å². The summed E-state index contributed by atoms with van der Waals surface area (Å²) in [5, 5.41) is 12.0. The molecule has 0 saturated heterocycles. The molecule has 130 valence electrons. The van der Waals surface area contributed by atoms with Crippen molar-refractivity contribution in [3.8, 4) is 23.0 Å². The van der Waals surface area contributed by atoms with Gasteiger partial charge in [-0.25, -0.2) is 14.7 Å². The number of carboxylic acids is 1. The zero-order valence-corrected chi connectivity index (χ0v) is 14.2. The maximum absolute atomic E-state index is 11.5. The Balaban J connectivity index is 1.86. The van der Waals surface area contributed by atoms with Crippen molar-refractivity contribution in [2.24, 2.45) is 0 Å². The molecule has 2 N–H and O–H groups in total. The molecule has 0 aliphatic heterocycles. The smallest absolute Gasteiger partial charge is 0.361 e. The van der Waals surface area contributed by atoms with Crippen molar-refractivity contribution >= 4 is 5.97 Å². The van der Waals surface area contributed by atoms with E-state index in [1.807, 2.05) is 30.3 Å². The van der Waals surface area contributed by atoms with E-state index in [0.717, 1.165) is 11.1 Å². The molecule has 3 rings (SSSR count). The molecule has 3 aromatic rings. The third-order valence-electron chi connectivity index (χ3n) is 3.97. The van der Waals surface area contributed by atoms with Crippen LogP contribution in [0.15, 0.2) is 53.3 Å². The number of aromatic carboxylic acids is 1. The first kappa shape index (κ1) is 17.2. The van der Waals surface area contributed by atoms with Gasteiger partial charge in [0.25, 0.3) is 0 Å².